The van der Waals surface area contributed by atoms with Crippen LogP contribution in [-0.2, 0) is 4.79 Å². The first-order valence-corrected chi connectivity index (χ1v) is 7.06. The van der Waals surface area contributed by atoms with Crippen molar-refractivity contribution in [3.05, 3.63) is 35.5 Å². The maximum atomic E-state index is 11.9. The lowest BCUT2D eigenvalue weighted by molar-refractivity contribution is -0.115. The van der Waals surface area contributed by atoms with Crippen molar-refractivity contribution in [2.75, 3.05) is 11.9 Å². The van der Waals surface area contributed by atoms with Gasteiger partial charge in [0, 0.05) is 17.6 Å². The lowest BCUT2D eigenvalue weighted by Crippen LogP contribution is -2.34. The van der Waals surface area contributed by atoms with E-state index in [0.717, 1.165) is 17.5 Å². The van der Waals surface area contributed by atoms with E-state index >= 15 is 0 Å². The van der Waals surface area contributed by atoms with Crippen LogP contribution in [0.2, 0.25) is 5.02 Å². The number of hydrogen-bond acceptors (Lipinski definition) is 3. The molecule has 1 unspecified atom stereocenters. The molecule has 5 heteroatoms. The van der Waals surface area contributed by atoms with Crippen LogP contribution < -0.4 is 10.6 Å². The monoisotopic (exact) mass is 291 g/mol. The molecule has 0 saturated heterocycles. The van der Waals surface area contributed by atoms with Crippen LogP contribution in [-0.4, -0.2) is 23.5 Å². The van der Waals surface area contributed by atoms with E-state index in [0.29, 0.717) is 23.1 Å². The minimum Gasteiger partial charge on any atom is -0.324 e. The van der Waals surface area contributed by atoms with Gasteiger partial charge in [-0.15, -0.1) is 0 Å². The fourth-order valence-corrected chi connectivity index (χ4v) is 2.07. The second kappa shape index (κ2) is 6.68. The molecule has 2 aromatic rings. The van der Waals surface area contributed by atoms with Gasteiger partial charge in [0.15, 0.2) is 0 Å². The van der Waals surface area contributed by atoms with E-state index in [4.69, 9.17) is 11.6 Å². The van der Waals surface area contributed by atoms with Gasteiger partial charge in [0.1, 0.15) is 0 Å². The summed E-state index contributed by atoms with van der Waals surface area (Å²) in [6.45, 7) is 4.42. The lowest BCUT2D eigenvalue weighted by atomic mass is 10.2. The minimum atomic E-state index is -0.0715. The second-order valence-corrected chi connectivity index (χ2v) is 5.14. The Morgan fingerprint density at radius 1 is 1.40 bits per heavy atom. The molecule has 0 bridgehead atoms. The average Bonchev–Trinajstić information content (AvgIpc) is 2.48. The minimum absolute atomic E-state index is 0.0715. The summed E-state index contributed by atoms with van der Waals surface area (Å²) in [5, 5.41) is 7.47. The van der Waals surface area contributed by atoms with Gasteiger partial charge in [0.05, 0.1) is 22.8 Å². The normalized spacial score (nSPS) is 12.3. The number of amides is 1. The van der Waals surface area contributed by atoms with E-state index in [1.807, 2.05) is 12.1 Å². The average molecular weight is 292 g/mol. The second-order valence-electron chi connectivity index (χ2n) is 4.73. The summed E-state index contributed by atoms with van der Waals surface area (Å²) >= 11 is 6.10. The van der Waals surface area contributed by atoms with Gasteiger partial charge in [-0.2, -0.15) is 0 Å². The highest BCUT2D eigenvalue weighted by Crippen LogP contribution is 2.27. The van der Waals surface area contributed by atoms with Crippen LogP contribution in [0.1, 0.15) is 20.3 Å². The van der Waals surface area contributed by atoms with E-state index in [9.17, 15) is 4.79 Å². The molecular formula is C15H18ClN3O. The summed E-state index contributed by atoms with van der Waals surface area (Å²) in [6.07, 6.45) is 2.67. The van der Waals surface area contributed by atoms with Crippen LogP contribution in [0.15, 0.2) is 30.5 Å². The van der Waals surface area contributed by atoms with Crippen molar-refractivity contribution in [1.29, 1.82) is 0 Å². The van der Waals surface area contributed by atoms with Crippen molar-refractivity contribution >= 4 is 34.1 Å². The molecule has 1 aromatic carbocycles. The van der Waals surface area contributed by atoms with Gasteiger partial charge >= 0.3 is 0 Å². The number of aromatic nitrogens is 1. The number of anilines is 1. The molecule has 0 aliphatic carbocycles. The summed E-state index contributed by atoms with van der Waals surface area (Å²) in [4.78, 5) is 16.2. The summed E-state index contributed by atoms with van der Waals surface area (Å²) in [7, 11) is 0. The first-order valence-electron chi connectivity index (χ1n) is 6.68. The van der Waals surface area contributed by atoms with E-state index in [2.05, 4.69) is 29.5 Å². The molecule has 2 N–H and O–H groups in total. The smallest absolute Gasteiger partial charge is 0.238 e. The maximum absolute atomic E-state index is 11.9. The molecule has 0 fully saturated rings. The Bertz CT molecular complexity index is 615. The van der Waals surface area contributed by atoms with Crippen LogP contribution in [0.3, 0.4) is 0 Å². The molecule has 4 nitrogen and oxygen atoms in total. The van der Waals surface area contributed by atoms with Crippen LogP contribution >= 0.6 is 11.6 Å². The molecule has 0 aliphatic rings. The number of halogens is 1. The highest BCUT2D eigenvalue weighted by atomic mass is 35.5. The Hall–Kier alpha value is -1.65. The molecule has 0 spiro atoms. The highest BCUT2D eigenvalue weighted by molar-refractivity contribution is 6.35. The zero-order valence-electron chi connectivity index (χ0n) is 11.6. The molecule has 1 amide bonds. The Labute approximate surface area is 123 Å². The standard InChI is InChI=1S/C15H18ClN3O/c1-3-10(2)18-9-14(20)19-13-7-6-12(16)15-11(13)5-4-8-17-15/h4-8,10,18H,3,9H2,1-2H3,(H,19,20). The van der Waals surface area contributed by atoms with E-state index < -0.39 is 0 Å². The van der Waals surface area contributed by atoms with Crippen molar-refractivity contribution in [3.8, 4) is 0 Å². The summed E-state index contributed by atoms with van der Waals surface area (Å²) < 4.78 is 0. The third kappa shape index (κ3) is 3.46. The third-order valence-electron chi connectivity index (χ3n) is 3.22. The molecule has 106 valence electrons. The predicted octanol–water partition coefficient (Wildman–Crippen LogP) is 3.21. The SMILES string of the molecule is CCC(C)NCC(=O)Nc1ccc(Cl)c2ncccc12. The molecule has 1 aromatic heterocycles. The lowest BCUT2D eigenvalue weighted by Gasteiger charge is -2.12. The van der Waals surface area contributed by atoms with Gasteiger partial charge in [-0.1, -0.05) is 18.5 Å². The molecule has 1 heterocycles. The molecule has 2 rings (SSSR count). The number of fused-ring (bicyclic) bond motifs is 1. The third-order valence-corrected chi connectivity index (χ3v) is 3.52. The summed E-state index contributed by atoms with van der Waals surface area (Å²) in [5.41, 5.74) is 1.43. The van der Waals surface area contributed by atoms with Crippen molar-refractivity contribution in [3.63, 3.8) is 0 Å². The fraction of sp³-hybridized carbons (Fsp3) is 0.333. The summed E-state index contributed by atoms with van der Waals surface area (Å²) in [5.74, 6) is -0.0715. The number of hydrogen-bond donors (Lipinski definition) is 2. The van der Waals surface area contributed by atoms with Gasteiger partial charge in [-0.05, 0) is 37.6 Å². The fourth-order valence-electron chi connectivity index (χ4n) is 1.85. The van der Waals surface area contributed by atoms with E-state index in [-0.39, 0.29) is 5.91 Å². The number of nitrogens with one attached hydrogen (secondary N) is 2. The Morgan fingerprint density at radius 3 is 2.95 bits per heavy atom. The van der Waals surface area contributed by atoms with Crippen LogP contribution in [0.5, 0.6) is 0 Å². The van der Waals surface area contributed by atoms with Crippen molar-refractivity contribution in [2.45, 2.75) is 26.3 Å². The maximum Gasteiger partial charge on any atom is 0.238 e. The first-order chi connectivity index (χ1) is 9.61. The van der Waals surface area contributed by atoms with Crippen molar-refractivity contribution < 1.29 is 4.79 Å². The molecule has 20 heavy (non-hydrogen) atoms. The zero-order chi connectivity index (χ0) is 14.5. The van der Waals surface area contributed by atoms with E-state index in [1.165, 1.54) is 0 Å². The van der Waals surface area contributed by atoms with Crippen LogP contribution in [0.25, 0.3) is 10.9 Å². The number of carbonyl (C=O) groups is 1. The Morgan fingerprint density at radius 2 is 2.20 bits per heavy atom. The number of nitrogens with zero attached hydrogens (tertiary/aromatic N) is 1. The number of carbonyl (C=O) groups excluding carboxylic acids is 1. The molecular weight excluding hydrogens is 274 g/mol. The Kier molecular flexibility index (Phi) is 4.93. The molecule has 1 atom stereocenters. The van der Waals surface area contributed by atoms with Gasteiger partial charge in [0.2, 0.25) is 5.91 Å². The molecule has 0 saturated carbocycles. The quantitative estimate of drug-likeness (QED) is 0.889. The Balaban J connectivity index is 2.14. The molecule has 0 aliphatic heterocycles. The van der Waals surface area contributed by atoms with Gasteiger partial charge < -0.3 is 10.6 Å². The predicted molar refractivity (Wildman–Crippen MR) is 83.1 cm³/mol. The first kappa shape index (κ1) is 14.8. The van der Waals surface area contributed by atoms with Gasteiger partial charge in [-0.3, -0.25) is 9.78 Å². The van der Waals surface area contributed by atoms with E-state index in [1.54, 1.807) is 18.3 Å². The molecule has 0 radical (unpaired) electrons. The number of rotatable bonds is 5. The van der Waals surface area contributed by atoms with Crippen molar-refractivity contribution in [1.82, 2.24) is 10.3 Å². The topological polar surface area (TPSA) is 54.0 Å². The largest absolute Gasteiger partial charge is 0.324 e. The van der Waals surface area contributed by atoms with Crippen molar-refractivity contribution in [2.24, 2.45) is 0 Å². The van der Waals surface area contributed by atoms with Gasteiger partial charge in [0.25, 0.3) is 0 Å². The summed E-state index contributed by atoms with van der Waals surface area (Å²) in [6, 6.07) is 7.59. The number of benzene rings is 1. The van der Waals surface area contributed by atoms with Crippen LogP contribution in [0, 0.1) is 0 Å². The zero-order valence-corrected chi connectivity index (χ0v) is 12.4. The van der Waals surface area contributed by atoms with Gasteiger partial charge in [-0.25, -0.2) is 0 Å². The number of pyridine rings is 1. The van der Waals surface area contributed by atoms with Crippen LogP contribution in [0.4, 0.5) is 5.69 Å². The highest BCUT2D eigenvalue weighted by Gasteiger charge is 2.09.